The molecule has 0 radical (unpaired) electrons. The number of fused-ring (bicyclic) bond motifs is 1. The molecular weight excluding hydrogens is 328 g/mol. The highest BCUT2D eigenvalue weighted by molar-refractivity contribution is 5.69. The van der Waals surface area contributed by atoms with Gasteiger partial charge >= 0.3 is 6.09 Å². The summed E-state index contributed by atoms with van der Waals surface area (Å²) >= 11 is 0. The van der Waals surface area contributed by atoms with E-state index in [1.807, 2.05) is 25.5 Å². The van der Waals surface area contributed by atoms with Gasteiger partial charge in [0, 0.05) is 18.5 Å². The number of carbonyl (C=O) groups excluding carboxylic acids is 1. The van der Waals surface area contributed by atoms with Crippen molar-refractivity contribution in [3.8, 4) is 5.69 Å². The molecule has 140 valence electrons. The van der Waals surface area contributed by atoms with Crippen molar-refractivity contribution in [3.05, 3.63) is 41.1 Å². The van der Waals surface area contributed by atoms with Gasteiger partial charge in [0.05, 0.1) is 17.9 Å². The maximum Gasteiger partial charge on any atom is 0.410 e. The molecule has 0 fully saturated rings. The average molecular weight is 356 g/mol. The van der Waals surface area contributed by atoms with E-state index in [0.29, 0.717) is 31.2 Å². The second kappa shape index (κ2) is 6.67. The Kier molecular flexibility index (Phi) is 4.69. The molecule has 0 saturated carbocycles. The fourth-order valence-corrected chi connectivity index (χ4v) is 3.14. The number of nitrogens with two attached hydrogens (primary N) is 1. The smallest absolute Gasteiger partial charge is 0.410 e. The van der Waals surface area contributed by atoms with Crippen LogP contribution < -0.4 is 5.73 Å². The second-order valence-electron chi connectivity index (χ2n) is 8.12. The largest absolute Gasteiger partial charge is 0.444 e. The number of nitrogens with zero attached hydrogens (tertiary/aromatic N) is 3. The van der Waals surface area contributed by atoms with Gasteiger partial charge in [0.25, 0.3) is 0 Å². The van der Waals surface area contributed by atoms with E-state index in [2.05, 4.69) is 43.2 Å². The van der Waals surface area contributed by atoms with Crippen LogP contribution in [0.1, 0.15) is 57.4 Å². The molecule has 1 aliphatic heterocycles. The first-order chi connectivity index (χ1) is 12.2. The molecule has 1 aliphatic rings. The summed E-state index contributed by atoms with van der Waals surface area (Å²) in [5.74, 6) is 0.962. The third-order valence-corrected chi connectivity index (χ3v) is 4.54. The summed E-state index contributed by atoms with van der Waals surface area (Å²) < 4.78 is 7.38. The minimum Gasteiger partial charge on any atom is -0.444 e. The zero-order valence-electron chi connectivity index (χ0n) is 16.2. The van der Waals surface area contributed by atoms with Crippen molar-refractivity contribution in [2.24, 2.45) is 0 Å². The molecule has 0 spiro atoms. The fraction of sp³-hybridized carbons (Fsp3) is 0.500. The van der Waals surface area contributed by atoms with Gasteiger partial charge in [0.1, 0.15) is 5.60 Å². The molecular formula is C20H28N4O2. The van der Waals surface area contributed by atoms with Gasteiger partial charge in [-0.1, -0.05) is 26.0 Å². The molecule has 3 rings (SSSR count). The maximum atomic E-state index is 12.3. The number of anilines is 1. The third-order valence-electron chi connectivity index (χ3n) is 4.54. The Morgan fingerprint density at radius 1 is 1.23 bits per heavy atom. The zero-order chi connectivity index (χ0) is 19.1. The molecule has 1 aromatic heterocycles. The molecule has 6 nitrogen and oxygen atoms in total. The van der Waals surface area contributed by atoms with E-state index in [1.54, 1.807) is 4.90 Å². The molecule has 2 N–H and O–H groups in total. The highest BCUT2D eigenvalue weighted by Gasteiger charge is 2.29. The van der Waals surface area contributed by atoms with Crippen LogP contribution in [0.2, 0.25) is 0 Å². The van der Waals surface area contributed by atoms with Gasteiger partial charge in [-0.15, -0.1) is 0 Å². The first-order valence-corrected chi connectivity index (χ1v) is 9.10. The van der Waals surface area contributed by atoms with Crippen molar-refractivity contribution in [2.45, 2.75) is 59.1 Å². The maximum absolute atomic E-state index is 12.3. The Labute approximate surface area is 154 Å². The lowest BCUT2D eigenvalue weighted by molar-refractivity contribution is 0.0223. The summed E-state index contributed by atoms with van der Waals surface area (Å²) in [5.41, 5.74) is 9.91. The molecule has 0 bridgehead atoms. The van der Waals surface area contributed by atoms with Crippen molar-refractivity contribution >= 4 is 11.9 Å². The van der Waals surface area contributed by atoms with Crippen LogP contribution in [-0.4, -0.2) is 32.9 Å². The van der Waals surface area contributed by atoms with Crippen LogP contribution in [0, 0.1) is 0 Å². The minimum atomic E-state index is -0.509. The molecule has 26 heavy (non-hydrogen) atoms. The third kappa shape index (κ3) is 3.69. The van der Waals surface area contributed by atoms with Crippen LogP contribution >= 0.6 is 0 Å². The number of ether oxygens (including phenoxy) is 1. The van der Waals surface area contributed by atoms with E-state index in [1.165, 1.54) is 5.56 Å². The summed E-state index contributed by atoms with van der Waals surface area (Å²) in [7, 11) is 0. The van der Waals surface area contributed by atoms with Crippen LogP contribution in [0.4, 0.5) is 10.6 Å². The number of benzene rings is 1. The topological polar surface area (TPSA) is 73.4 Å². The Hall–Kier alpha value is -2.50. The van der Waals surface area contributed by atoms with Crippen molar-refractivity contribution in [3.63, 3.8) is 0 Å². The highest BCUT2D eigenvalue weighted by atomic mass is 16.6. The van der Waals surface area contributed by atoms with E-state index >= 15 is 0 Å². The van der Waals surface area contributed by atoms with Crippen molar-refractivity contribution in [1.82, 2.24) is 14.7 Å². The minimum absolute atomic E-state index is 0.309. The van der Waals surface area contributed by atoms with Crippen molar-refractivity contribution in [1.29, 1.82) is 0 Å². The fourth-order valence-electron chi connectivity index (χ4n) is 3.14. The lowest BCUT2D eigenvalue weighted by Gasteiger charge is -2.30. The number of nitrogen functional groups attached to an aromatic ring is 1. The van der Waals surface area contributed by atoms with E-state index in [0.717, 1.165) is 16.9 Å². The number of amides is 1. The first-order valence-electron chi connectivity index (χ1n) is 9.10. The van der Waals surface area contributed by atoms with Gasteiger partial charge in [-0.25, -0.2) is 9.48 Å². The van der Waals surface area contributed by atoms with E-state index in [-0.39, 0.29) is 6.09 Å². The molecule has 0 saturated heterocycles. The van der Waals surface area contributed by atoms with Gasteiger partial charge in [-0.3, -0.25) is 0 Å². The van der Waals surface area contributed by atoms with E-state index < -0.39 is 5.60 Å². The zero-order valence-corrected chi connectivity index (χ0v) is 16.2. The molecule has 0 unspecified atom stereocenters. The first kappa shape index (κ1) is 18.3. The number of rotatable bonds is 2. The van der Waals surface area contributed by atoms with Crippen LogP contribution in [0.15, 0.2) is 24.3 Å². The molecule has 1 amide bonds. The van der Waals surface area contributed by atoms with Crippen LogP contribution in [0.5, 0.6) is 0 Å². The van der Waals surface area contributed by atoms with Crippen molar-refractivity contribution in [2.75, 3.05) is 12.3 Å². The standard InChI is InChI=1S/C20H28N4O2/c1-13(2)14-6-8-15(9-7-14)24-17-10-11-23(12-16(17)18(21)22-24)19(25)26-20(3,4)5/h6-9,13H,10-12H2,1-5H3,(H2,21,22). The average Bonchev–Trinajstić information content (AvgIpc) is 2.90. The lowest BCUT2D eigenvalue weighted by Crippen LogP contribution is -2.40. The van der Waals surface area contributed by atoms with Gasteiger partial charge < -0.3 is 15.4 Å². The molecule has 6 heteroatoms. The molecule has 0 atom stereocenters. The number of carbonyl (C=O) groups is 1. The molecule has 2 heterocycles. The van der Waals surface area contributed by atoms with Gasteiger partial charge in [0.2, 0.25) is 0 Å². The normalized spacial score (nSPS) is 14.5. The number of aromatic nitrogens is 2. The van der Waals surface area contributed by atoms with E-state index in [4.69, 9.17) is 10.5 Å². The Bertz CT molecular complexity index is 800. The highest BCUT2D eigenvalue weighted by Crippen LogP contribution is 2.28. The number of hydrogen-bond donors (Lipinski definition) is 1. The van der Waals surface area contributed by atoms with Gasteiger partial charge in [-0.05, 0) is 44.4 Å². The number of hydrogen-bond acceptors (Lipinski definition) is 4. The lowest BCUT2D eigenvalue weighted by atomic mass is 10.0. The monoisotopic (exact) mass is 356 g/mol. The van der Waals surface area contributed by atoms with Crippen LogP contribution in [-0.2, 0) is 17.7 Å². The summed E-state index contributed by atoms with van der Waals surface area (Å²) in [5, 5.41) is 4.52. The molecule has 1 aromatic carbocycles. The van der Waals surface area contributed by atoms with Crippen molar-refractivity contribution < 1.29 is 9.53 Å². The quantitative estimate of drug-likeness (QED) is 0.886. The SMILES string of the molecule is CC(C)c1ccc(-n2nc(N)c3c2CCN(C(=O)OC(C)(C)C)C3)cc1. The summed E-state index contributed by atoms with van der Waals surface area (Å²) in [4.78, 5) is 14.0. The Morgan fingerprint density at radius 3 is 2.46 bits per heavy atom. The Balaban J connectivity index is 1.84. The Morgan fingerprint density at radius 2 is 1.88 bits per heavy atom. The van der Waals surface area contributed by atoms with Gasteiger partial charge in [0.15, 0.2) is 5.82 Å². The molecule has 2 aromatic rings. The molecule has 0 aliphatic carbocycles. The predicted molar refractivity (Wildman–Crippen MR) is 102 cm³/mol. The van der Waals surface area contributed by atoms with Crippen LogP contribution in [0.3, 0.4) is 0 Å². The second-order valence-corrected chi connectivity index (χ2v) is 8.12. The summed E-state index contributed by atoms with van der Waals surface area (Å²) in [6, 6.07) is 8.39. The van der Waals surface area contributed by atoms with Gasteiger partial charge in [-0.2, -0.15) is 5.10 Å². The van der Waals surface area contributed by atoms with E-state index in [9.17, 15) is 4.79 Å². The summed E-state index contributed by atoms with van der Waals surface area (Å²) in [6.45, 7) is 11.0. The van der Waals surface area contributed by atoms with Crippen LogP contribution in [0.25, 0.3) is 5.69 Å². The summed E-state index contributed by atoms with van der Waals surface area (Å²) in [6.07, 6.45) is 0.390. The predicted octanol–water partition coefficient (Wildman–Crippen LogP) is 3.87.